The summed E-state index contributed by atoms with van der Waals surface area (Å²) in [6.07, 6.45) is 4.89. The highest BCUT2D eigenvalue weighted by Crippen LogP contribution is 2.19. The summed E-state index contributed by atoms with van der Waals surface area (Å²) in [6, 6.07) is 0. The van der Waals surface area contributed by atoms with Gasteiger partial charge in [-0.1, -0.05) is 0 Å². The lowest BCUT2D eigenvalue weighted by atomic mass is 10.2. The maximum Gasteiger partial charge on any atom is 0.150 e. The Kier molecular flexibility index (Phi) is 2.01. The molecule has 0 atom stereocenters. The summed E-state index contributed by atoms with van der Waals surface area (Å²) in [6.45, 7) is 0. The van der Waals surface area contributed by atoms with Crippen molar-refractivity contribution >= 4 is 12.6 Å². The molecule has 0 spiro atoms. The second-order valence-electron chi connectivity index (χ2n) is 2.06. The molecule has 1 rings (SSSR count). The number of rotatable bonds is 2. The number of aldehydes is 2. The van der Waals surface area contributed by atoms with Gasteiger partial charge in [-0.2, -0.15) is 0 Å². The Bertz CT molecular complexity index is 256. The summed E-state index contributed by atoms with van der Waals surface area (Å²) in [5.41, 5.74) is 1.08. The lowest BCUT2D eigenvalue weighted by molar-refractivity contribution is -0.107. The van der Waals surface area contributed by atoms with Crippen molar-refractivity contribution in [1.82, 2.24) is 0 Å². The molecule has 0 aliphatic heterocycles. The smallest absolute Gasteiger partial charge is 0.150 e. The summed E-state index contributed by atoms with van der Waals surface area (Å²) in [5, 5.41) is 8.51. The van der Waals surface area contributed by atoms with Crippen molar-refractivity contribution in [3.8, 4) is 0 Å². The first-order chi connectivity index (χ1) is 5.31. The third-order valence-corrected chi connectivity index (χ3v) is 1.38. The molecule has 3 heteroatoms. The lowest BCUT2D eigenvalue weighted by Crippen LogP contribution is -1.86. The van der Waals surface area contributed by atoms with Gasteiger partial charge in [0, 0.05) is 16.7 Å². The quantitative estimate of drug-likeness (QED) is 0.465. The van der Waals surface area contributed by atoms with Crippen molar-refractivity contribution in [3.05, 3.63) is 35.1 Å². The van der Waals surface area contributed by atoms with Crippen molar-refractivity contribution in [2.75, 3.05) is 0 Å². The van der Waals surface area contributed by atoms with Crippen LogP contribution in [0.25, 0.3) is 0 Å². The molecule has 1 N–H and O–H groups in total. The van der Waals surface area contributed by atoms with Gasteiger partial charge >= 0.3 is 0 Å². The summed E-state index contributed by atoms with van der Waals surface area (Å²) in [7, 11) is 0. The minimum Gasteiger partial charge on any atom is -0.515 e. The van der Waals surface area contributed by atoms with Crippen LogP contribution in [0.2, 0.25) is 0 Å². The van der Waals surface area contributed by atoms with Gasteiger partial charge in [-0.25, -0.2) is 0 Å². The van der Waals surface area contributed by atoms with Crippen molar-refractivity contribution < 1.29 is 14.7 Å². The molecule has 56 valence electrons. The Morgan fingerprint density at radius 1 is 1.09 bits per heavy atom. The molecule has 1 aliphatic carbocycles. The largest absolute Gasteiger partial charge is 0.515 e. The van der Waals surface area contributed by atoms with Gasteiger partial charge in [-0.15, -0.1) is 0 Å². The van der Waals surface area contributed by atoms with E-state index in [1.165, 1.54) is 12.2 Å². The molecule has 3 nitrogen and oxygen atoms in total. The van der Waals surface area contributed by atoms with Crippen LogP contribution in [0.5, 0.6) is 0 Å². The zero-order valence-electron chi connectivity index (χ0n) is 5.65. The molecule has 0 saturated heterocycles. The second kappa shape index (κ2) is 2.96. The van der Waals surface area contributed by atoms with Crippen LogP contribution in [0.3, 0.4) is 0 Å². The number of carbonyl (C=O) groups is 2. The third-order valence-electron chi connectivity index (χ3n) is 1.38. The molecule has 0 aromatic rings. The van der Waals surface area contributed by atoms with E-state index >= 15 is 0 Å². The maximum absolute atomic E-state index is 10.3. The van der Waals surface area contributed by atoms with E-state index in [4.69, 9.17) is 5.11 Å². The zero-order chi connectivity index (χ0) is 8.27. The standard InChI is InChI=1S/C8H6O3/c9-3-6-1-7(4-10)8(2-6)5-11/h1-5,9H. The van der Waals surface area contributed by atoms with E-state index in [9.17, 15) is 9.59 Å². The van der Waals surface area contributed by atoms with Crippen LogP contribution in [-0.2, 0) is 9.59 Å². The molecule has 0 fully saturated rings. The number of aliphatic hydroxyl groups excluding tert-OH is 1. The topological polar surface area (TPSA) is 54.4 Å². The van der Waals surface area contributed by atoms with Gasteiger partial charge < -0.3 is 5.11 Å². The molecule has 0 aromatic carbocycles. The van der Waals surface area contributed by atoms with E-state index in [0.717, 1.165) is 6.26 Å². The lowest BCUT2D eigenvalue weighted by Gasteiger charge is -1.85. The van der Waals surface area contributed by atoms with Gasteiger partial charge in [0.15, 0.2) is 12.6 Å². The van der Waals surface area contributed by atoms with Crippen molar-refractivity contribution in [2.45, 2.75) is 0 Å². The average Bonchev–Trinajstić information content (AvgIpc) is 2.46. The normalized spacial score (nSPS) is 15.5. The Labute approximate surface area is 63.3 Å². The van der Waals surface area contributed by atoms with E-state index in [1.807, 2.05) is 0 Å². The van der Waals surface area contributed by atoms with Crippen LogP contribution in [-0.4, -0.2) is 17.7 Å². The van der Waals surface area contributed by atoms with Crippen molar-refractivity contribution in [3.63, 3.8) is 0 Å². The highest BCUT2D eigenvalue weighted by Gasteiger charge is 2.10. The summed E-state index contributed by atoms with van der Waals surface area (Å²) >= 11 is 0. The second-order valence-corrected chi connectivity index (χ2v) is 2.06. The molecule has 0 radical (unpaired) electrons. The van der Waals surface area contributed by atoms with Crippen LogP contribution in [0.15, 0.2) is 35.1 Å². The fourth-order valence-electron chi connectivity index (χ4n) is 0.846. The zero-order valence-corrected chi connectivity index (χ0v) is 5.65. The van der Waals surface area contributed by atoms with Gasteiger partial charge in [0.2, 0.25) is 0 Å². The van der Waals surface area contributed by atoms with Crippen molar-refractivity contribution in [2.24, 2.45) is 0 Å². The number of hydrogen-bond donors (Lipinski definition) is 1. The fourth-order valence-corrected chi connectivity index (χ4v) is 0.846. The minimum absolute atomic E-state index is 0.306. The minimum atomic E-state index is 0.306. The molecular formula is C8H6O3. The number of aliphatic hydroxyl groups is 1. The number of allylic oxidation sites excluding steroid dienone is 5. The maximum atomic E-state index is 10.3. The van der Waals surface area contributed by atoms with E-state index in [1.54, 1.807) is 0 Å². The van der Waals surface area contributed by atoms with Gasteiger partial charge in [-0.3, -0.25) is 9.59 Å². The predicted octanol–water partition coefficient (Wildman–Crippen LogP) is 0.692. The van der Waals surface area contributed by atoms with E-state index in [-0.39, 0.29) is 0 Å². The van der Waals surface area contributed by atoms with Crippen LogP contribution in [0.4, 0.5) is 0 Å². The molecule has 0 heterocycles. The fraction of sp³-hybridized carbons (Fsp3) is 0. The van der Waals surface area contributed by atoms with Crippen LogP contribution < -0.4 is 0 Å². The van der Waals surface area contributed by atoms with E-state index < -0.39 is 0 Å². The Hall–Kier alpha value is -1.64. The Morgan fingerprint density at radius 3 is 1.82 bits per heavy atom. The molecule has 11 heavy (non-hydrogen) atoms. The molecular weight excluding hydrogens is 144 g/mol. The molecule has 1 aliphatic rings. The highest BCUT2D eigenvalue weighted by atomic mass is 16.2. The van der Waals surface area contributed by atoms with E-state index in [0.29, 0.717) is 29.3 Å². The first kappa shape index (κ1) is 7.47. The van der Waals surface area contributed by atoms with E-state index in [2.05, 4.69) is 0 Å². The van der Waals surface area contributed by atoms with Crippen molar-refractivity contribution in [1.29, 1.82) is 0 Å². The Balaban J connectivity index is 3.06. The number of carbonyl (C=O) groups excluding carboxylic acids is 2. The van der Waals surface area contributed by atoms with Gasteiger partial charge in [0.1, 0.15) is 0 Å². The summed E-state index contributed by atoms with van der Waals surface area (Å²) in [4.78, 5) is 20.5. The van der Waals surface area contributed by atoms with Gasteiger partial charge in [0.05, 0.1) is 6.26 Å². The van der Waals surface area contributed by atoms with Gasteiger partial charge in [0.25, 0.3) is 0 Å². The third kappa shape index (κ3) is 1.26. The first-order valence-electron chi connectivity index (χ1n) is 3.00. The molecule has 0 saturated carbocycles. The summed E-state index contributed by atoms with van der Waals surface area (Å²) in [5.74, 6) is 0. The molecule has 0 aromatic heterocycles. The molecule has 0 unspecified atom stereocenters. The highest BCUT2D eigenvalue weighted by molar-refractivity contribution is 5.97. The molecule has 0 amide bonds. The summed E-state index contributed by atoms with van der Waals surface area (Å²) < 4.78 is 0. The number of hydrogen-bond acceptors (Lipinski definition) is 3. The monoisotopic (exact) mass is 150 g/mol. The molecule has 0 bridgehead atoms. The Morgan fingerprint density at radius 2 is 1.55 bits per heavy atom. The average molecular weight is 150 g/mol. The first-order valence-corrected chi connectivity index (χ1v) is 3.00. The van der Waals surface area contributed by atoms with Crippen LogP contribution >= 0.6 is 0 Å². The van der Waals surface area contributed by atoms with Crippen LogP contribution in [0, 0.1) is 0 Å². The predicted molar refractivity (Wildman–Crippen MR) is 39.0 cm³/mol. The van der Waals surface area contributed by atoms with Crippen LogP contribution in [0.1, 0.15) is 0 Å². The SMILES string of the molecule is O=CC1=CC(=CO)C=C1C=O. The van der Waals surface area contributed by atoms with Gasteiger partial charge in [-0.05, 0) is 12.2 Å².